The van der Waals surface area contributed by atoms with Gasteiger partial charge in [-0.2, -0.15) is 0 Å². The summed E-state index contributed by atoms with van der Waals surface area (Å²) in [5.41, 5.74) is 1.42. The Bertz CT molecular complexity index is 879. The first-order valence-corrected chi connectivity index (χ1v) is 8.02. The minimum absolute atomic E-state index is 0.0209. The molecular formula is C16H14FN3O2S. The molecular weight excluding hydrogens is 317 g/mol. The van der Waals surface area contributed by atoms with Crippen LogP contribution in [-0.4, -0.2) is 26.4 Å². The number of aliphatic hydroxyl groups is 1. The molecule has 0 fully saturated rings. The molecule has 1 aromatic carbocycles. The highest BCUT2D eigenvalue weighted by Gasteiger charge is 2.16. The Labute approximate surface area is 136 Å². The van der Waals surface area contributed by atoms with Gasteiger partial charge in [0.25, 0.3) is 0 Å². The third-order valence-corrected chi connectivity index (χ3v) is 4.03. The van der Waals surface area contributed by atoms with Gasteiger partial charge in [-0.3, -0.25) is 10.4 Å². The SMILES string of the molecule is CSC(=N)c1cc(Oc2c(F)cc3[nH]ccc3c2CO)ccn1. The molecule has 0 unspecified atom stereocenters. The molecule has 3 N–H and O–H groups in total. The number of fused-ring (bicyclic) bond motifs is 1. The minimum Gasteiger partial charge on any atom is -0.454 e. The van der Waals surface area contributed by atoms with Crippen LogP contribution in [0.3, 0.4) is 0 Å². The molecule has 0 saturated carbocycles. The van der Waals surface area contributed by atoms with Crippen LogP contribution in [0.5, 0.6) is 11.5 Å². The number of aromatic nitrogens is 2. The topological polar surface area (TPSA) is 82.0 Å². The average molecular weight is 331 g/mol. The lowest BCUT2D eigenvalue weighted by Crippen LogP contribution is -1.99. The maximum absolute atomic E-state index is 14.3. The van der Waals surface area contributed by atoms with E-state index in [9.17, 15) is 9.50 Å². The summed E-state index contributed by atoms with van der Waals surface area (Å²) >= 11 is 1.25. The summed E-state index contributed by atoms with van der Waals surface area (Å²) in [6, 6.07) is 6.24. The molecule has 0 bridgehead atoms. The number of nitrogens with one attached hydrogen (secondary N) is 2. The first-order valence-electron chi connectivity index (χ1n) is 6.80. The summed E-state index contributed by atoms with van der Waals surface area (Å²) in [6.45, 7) is -0.347. The van der Waals surface area contributed by atoms with Crippen molar-refractivity contribution in [1.29, 1.82) is 5.41 Å². The number of hydrogen-bond donors (Lipinski definition) is 3. The number of halogens is 1. The van der Waals surface area contributed by atoms with Gasteiger partial charge in [-0.05, 0) is 18.4 Å². The van der Waals surface area contributed by atoms with Crippen molar-refractivity contribution >= 4 is 27.7 Å². The number of benzene rings is 1. The molecule has 0 aliphatic heterocycles. The second kappa shape index (κ2) is 6.39. The van der Waals surface area contributed by atoms with E-state index in [-0.39, 0.29) is 12.4 Å². The van der Waals surface area contributed by atoms with E-state index in [4.69, 9.17) is 10.1 Å². The predicted octanol–water partition coefficient (Wildman–Crippen LogP) is 3.67. The first kappa shape index (κ1) is 15.5. The molecule has 0 saturated heterocycles. The molecule has 118 valence electrons. The Balaban J connectivity index is 2.04. The van der Waals surface area contributed by atoms with Crippen molar-refractivity contribution in [3.63, 3.8) is 0 Å². The van der Waals surface area contributed by atoms with E-state index in [1.807, 2.05) is 0 Å². The Morgan fingerprint density at radius 1 is 1.43 bits per heavy atom. The van der Waals surface area contributed by atoms with E-state index in [1.165, 1.54) is 24.0 Å². The third kappa shape index (κ3) is 2.93. The summed E-state index contributed by atoms with van der Waals surface area (Å²) in [5.74, 6) is -0.230. The number of aromatic amines is 1. The minimum atomic E-state index is -0.567. The molecule has 3 rings (SSSR count). The molecule has 0 aliphatic carbocycles. The molecule has 23 heavy (non-hydrogen) atoms. The largest absolute Gasteiger partial charge is 0.454 e. The van der Waals surface area contributed by atoms with Gasteiger partial charge in [0.2, 0.25) is 0 Å². The second-order valence-electron chi connectivity index (χ2n) is 4.78. The van der Waals surface area contributed by atoms with Crippen LogP contribution in [0.2, 0.25) is 0 Å². The number of aliphatic hydroxyl groups excluding tert-OH is 1. The van der Waals surface area contributed by atoms with E-state index < -0.39 is 5.82 Å². The van der Waals surface area contributed by atoms with Crippen LogP contribution >= 0.6 is 11.8 Å². The maximum atomic E-state index is 14.3. The lowest BCUT2D eigenvalue weighted by molar-refractivity contribution is 0.276. The smallest absolute Gasteiger partial charge is 0.169 e. The van der Waals surface area contributed by atoms with E-state index in [2.05, 4.69) is 9.97 Å². The van der Waals surface area contributed by atoms with Crippen LogP contribution in [0.15, 0.2) is 36.7 Å². The van der Waals surface area contributed by atoms with Gasteiger partial charge in [-0.15, -0.1) is 11.8 Å². The normalized spacial score (nSPS) is 10.9. The fourth-order valence-corrected chi connectivity index (χ4v) is 2.63. The quantitative estimate of drug-likeness (QED) is 0.503. The van der Waals surface area contributed by atoms with Crippen molar-refractivity contribution < 1.29 is 14.2 Å². The monoisotopic (exact) mass is 331 g/mol. The fourth-order valence-electron chi connectivity index (χ4n) is 2.31. The lowest BCUT2D eigenvalue weighted by Gasteiger charge is -2.12. The zero-order valence-corrected chi connectivity index (χ0v) is 13.1. The van der Waals surface area contributed by atoms with Gasteiger partial charge in [0.15, 0.2) is 11.6 Å². The second-order valence-corrected chi connectivity index (χ2v) is 5.59. The van der Waals surface area contributed by atoms with Crippen molar-refractivity contribution in [1.82, 2.24) is 9.97 Å². The van der Waals surface area contributed by atoms with Crippen LogP contribution in [0, 0.1) is 11.2 Å². The number of thioether (sulfide) groups is 1. The molecule has 3 aromatic rings. The molecule has 0 spiro atoms. The molecule has 0 aliphatic rings. The molecule has 5 nitrogen and oxygen atoms in total. The van der Waals surface area contributed by atoms with Gasteiger partial charge in [0, 0.05) is 41.0 Å². The summed E-state index contributed by atoms with van der Waals surface area (Å²) < 4.78 is 20.0. The fraction of sp³-hybridized carbons (Fsp3) is 0.125. The van der Waals surface area contributed by atoms with E-state index in [0.29, 0.717) is 33.0 Å². The first-order chi connectivity index (χ1) is 11.1. The van der Waals surface area contributed by atoms with E-state index in [1.54, 1.807) is 30.7 Å². The maximum Gasteiger partial charge on any atom is 0.169 e. The van der Waals surface area contributed by atoms with Crippen LogP contribution < -0.4 is 4.74 Å². The lowest BCUT2D eigenvalue weighted by atomic mass is 10.1. The average Bonchev–Trinajstić information content (AvgIpc) is 3.02. The number of ether oxygens (including phenoxy) is 1. The summed E-state index contributed by atoms with van der Waals surface area (Å²) in [6.07, 6.45) is 4.96. The standard InChI is InChI=1S/C16H14FN3O2S/c1-23-16(18)14-6-9(2-4-20-14)22-15-11(8-21)10-3-5-19-13(10)7-12(15)17/h2-7,18-19,21H,8H2,1H3. The summed E-state index contributed by atoms with van der Waals surface area (Å²) in [7, 11) is 0. The van der Waals surface area contributed by atoms with E-state index >= 15 is 0 Å². The molecule has 2 heterocycles. The highest BCUT2D eigenvalue weighted by atomic mass is 32.2. The molecule has 7 heteroatoms. The summed E-state index contributed by atoms with van der Waals surface area (Å²) in [5, 5.41) is 18.4. The van der Waals surface area contributed by atoms with Gasteiger partial charge in [-0.25, -0.2) is 4.39 Å². The zero-order valence-electron chi connectivity index (χ0n) is 12.3. The van der Waals surface area contributed by atoms with Crippen LogP contribution in [0.4, 0.5) is 4.39 Å². The Morgan fingerprint density at radius 3 is 3.00 bits per heavy atom. The van der Waals surface area contributed by atoms with Crippen molar-refractivity contribution in [2.75, 3.05) is 6.26 Å². The van der Waals surface area contributed by atoms with Crippen LogP contribution in [0.25, 0.3) is 10.9 Å². The Hall–Kier alpha value is -2.38. The molecule has 2 aromatic heterocycles. The predicted molar refractivity (Wildman–Crippen MR) is 88.8 cm³/mol. The third-order valence-electron chi connectivity index (χ3n) is 3.41. The zero-order chi connectivity index (χ0) is 16.4. The van der Waals surface area contributed by atoms with Crippen molar-refractivity contribution in [2.45, 2.75) is 6.61 Å². The van der Waals surface area contributed by atoms with Gasteiger partial charge in [0.05, 0.1) is 12.3 Å². The highest BCUT2D eigenvalue weighted by molar-refractivity contribution is 8.13. The number of pyridine rings is 1. The molecule has 0 atom stereocenters. The number of nitrogens with zero attached hydrogens (tertiary/aromatic N) is 1. The van der Waals surface area contributed by atoms with Crippen molar-refractivity contribution in [2.24, 2.45) is 0 Å². The number of H-pyrrole nitrogens is 1. The van der Waals surface area contributed by atoms with Gasteiger partial charge >= 0.3 is 0 Å². The Kier molecular flexibility index (Phi) is 4.31. The van der Waals surface area contributed by atoms with Crippen molar-refractivity contribution in [3.8, 4) is 11.5 Å². The van der Waals surface area contributed by atoms with Crippen LogP contribution in [0.1, 0.15) is 11.3 Å². The number of rotatable bonds is 4. The molecule has 0 amide bonds. The van der Waals surface area contributed by atoms with Gasteiger partial charge < -0.3 is 14.8 Å². The Morgan fingerprint density at radius 2 is 2.26 bits per heavy atom. The van der Waals surface area contributed by atoms with E-state index in [0.717, 1.165) is 0 Å². The highest BCUT2D eigenvalue weighted by Crippen LogP contribution is 2.34. The van der Waals surface area contributed by atoms with Crippen LogP contribution in [-0.2, 0) is 6.61 Å². The number of hydrogen-bond acceptors (Lipinski definition) is 5. The van der Waals surface area contributed by atoms with Gasteiger partial charge in [0.1, 0.15) is 10.8 Å². The van der Waals surface area contributed by atoms with Gasteiger partial charge in [-0.1, -0.05) is 0 Å². The van der Waals surface area contributed by atoms with Crippen molar-refractivity contribution in [3.05, 3.63) is 53.7 Å². The molecule has 0 radical (unpaired) electrons. The summed E-state index contributed by atoms with van der Waals surface area (Å²) in [4.78, 5) is 7.00.